The minimum Gasteiger partial charge on any atom is -0.463 e. The molecule has 2 aromatic rings. The lowest BCUT2D eigenvalue weighted by Crippen LogP contribution is -2.08. The Labute approximate surface area is 119 Å². The maximum Gasteiger partial charge on any atom is 0.321 e. The number of ether oxygens (including phenoxy) is 1. The summed E-state index contributed by atoms with van der Waals surface area (Å²) >= 11 is 3.39. The van der Waals surface area contributed by atoms with Crippen molar-refractivity contribution in [2.75, 3.05) is 18.5 Å². The Morgan fingerprint density at radius 3 is 2.79 bits per heavy atom. The predicted octanol–water partition coefficient (Wildman–Crippen LogP) is 3.11. The van der Waals surface area contributed by atoms with Crippen LogP contribution >= 0.6 is 15.9 Å². The third-order valence-corrected chi connectivity index (χ3v) is 2.83. The number of hydrogen-bond acceptors (Lipinski definition) is 6. The van der Waals surface area contributed by atoms with Gasteiger partial charge in [0.05, 0.1) is 17.3 Å². The van der Waals surface area contributed by atoms with Crippen molar-refractivity contribution in [2.45, 2.75) is 20.3 Å². The molecule has 0 aromatic carbocycles. The maximum atomic E-state index is 5.46. The second-order valence-electron chi connectivity index (χ2n) is 3.74. The van der Waals surface area contributed by atoms with Crippen LogP contribution in [0.1, 0.15) is 20.3 Å². The quantitative estimate of drug-likeness (QED) is 0.879. The fraction of sp³-hybridized carbons (Fsp3) is 0.417. The van der Waals surface area contributed by atoms with E-state index < -0.39 is 0 Å². The van der Waals surface area contributed by atoms with Gasteiger partial charge in [-0.3, -0.25) is 0 Å². The van der Waals surface area contributed by atoms with Crippen LogP contribution < -0.4 is 10.1 Å². The molecule has 0 fully saturated rings. The zero-order valence-electron chi connectivity index (χ0n) is 10.8. The summed E-state index contributed by atoms with van der Waals surface area (Å²) in [6, 6.07) is 2.09. The molecule has 102 valence electrons. The molecule has 2 heterocycles. The highest BCUT2D eigenvalue weighted by Gasteiger charge is 2.14. The number of anilines is 1. The Morgan fingerprint density at radius 1 is 1.32 bits per heavy atom. The average Bonchev–Trinajstić information content (AvgIpc) is 2.83. The highest BCUT2D eigenvalue weighted by Crippen LogP contribution is 2.27. The standard InChI is InChI=1S/C12H15BrN4O2/c1-3-6-19-12-16-10(9-8(13)5-7-18-9)15-11(17-12)14-4-2/h5,7H,3-4,6H2,1-2H3,(H,14,15,16,17). The monoisotopic (exact) mass is 326 g/mol. The summed E-state index contributed by atoms with van der Waals surface area (Å²) in [7, 11) is 0. The molecule has 0 saturated heterocycles. The van der Waals surface area contributed by atoms with Crippen molar-refractivity contribution in [1.82, 2.24) is 15.0 Å². The fourth-order valence-electron chi connectivity index (χ4n) is 1.41. The van der Waals surface area contributed by atoms with Gasteiger partial charge in [0.2, 0.25) is 11.8 Å². The molecule has 0 aliphatic heterocycles. The Kier molecular flexibility index (Phi) is 4.73. The van der Waals surface area contributed by atoms with Crippen molar-refractivity contribution in [1.29, 1.82) is 0 Å². The van der Waals surface area contributed by atoms with Crippen LogP contribution in [-0.2, 0) is 0 Å². The highest BCUT2D eigenvalue weighted by atomic mass is 79.9. The molecule has 0 atom stereocenters. The largest absolute Gasteiger partial charge is 0.463 e. The third kappa shape index (κ3) is 3.44. The second-order valence-corrected chi connectivity index (χ2v) is 4.60. The van der Waals surface area contributed by atoms with Gasteiger partial charge in [-0.25, -0.2) is 0 Å². The third-order valence-electron chi connectivity index (χ3n) is 2.21. The summed E-state index contributed by atoms with van der Waals surface area (Å²) in [6.45, 7) is 5.28. The van der Waals surface area contributed by atoms with Gasteiger partial charge in [-0.15, -0.1) is 0 Å². The Bertz CT molecular complexity index is 544. The Hall–Kier alpha value is -1.63. The lowest BCUT2D eigenvalue weighted by molar-refractivity contribution is 0.292. The predicted molar refractivity (Wildman–Crippen MR) is 75.2 cm³/mol. The van der Waals surface area contributed by atoms with E-state index in [-0.39, 0.29) is 0 Å². The van der Waals surface area contributed by atoms with Crippen molar-refractivity contribution in [3.63, 3.8) is 0 Å². The van der Waals surface area contributed by atoms with E-state index in [2.05, 4.69) is 36.2 Å². The van der Waals surface area contributed by atoms with E-state index in [1.807, 2.05) is 13.8 Å². The molecule has 7 heteroatoms. The molecule has 0 spiro atoms. The summed E-state index contributed by atoms with van der Waals surface area (Å²) in [4.78, 5) is 12.7. The van der Waals surface area contributed by atoms with Crippen molar-refractivity contribution in [2.24, 2.45) is 0 Å². The topological polar surface area (TPSA) is 73.1 Å². The second kappa shape index (κ2) is 6.51. The molecule has 0 radical (unpaired) electrons. The molecule has 2 rings (SSSR count). The van der Waals surface area contributed by atoms with Gasteiger partial charge in [0.25, 0.3) is 0 Å². The first-order chi connectivity index (χ1) is 9.24. The van der Waals surface area contributed by atoms with Gasteiger partial charge in [0, 0.05) is 6.54 Å². The fourth-order valence-corrected chi connectivity index (χ4v) is 1.79. The first-order valence-electron chi connectivity index (χ1n) is 6.10. The first-order valence-corrected chi connectivity index (χ1v) is 6.90. The molecular formula is C12H15BrN4O2. The number of rotatable bonds is 6. The van der Waals surface area contributed by atoms with Crippen LogP contribution in [0.5, 0.6) is 6.01 Å². The zero-order chi connectivity index (χ0) is 13.7. The summed E-state index contributed by atoms with van der Waals surface area (Å²) in [6.07, 6.45) is 2.46. The van der Waals surface area contributed by atoms with Gasteiger partial charge >= 0.3 is 6.01 Å². The molecule has 0 saturated carbocycles. The van der Waals surface area contributed by atoms with Crippen LogP contribution in [-0.4, -0.2) is 28.1 Å². The molecular weight excluding hydrogens is 312 g/mol. The molecule has 0 aliphatic carbocycles. The van der Waals surface area contributed by atoms with E-state index >= 15 is 0 Å². The van der Waals surface area contributed by atoms with Crippen LogP contribution in [0, 0.1) is 0 Å². The van der Waals surface area contributed by atoms with Crippen molar-refractivity contribution in [3.8, 4) is 17.6 Å². The summed E-state index contributed by atoms with van der Waals surface area (Å²) in [5.74, 6) is 1.47. The minimum atomic E-state index is 0.297. The van der Waals surface area contributed by atoms with Gasteiger partial charge in [-0.1, -0.05) is 6.92 Å². The molecule has 19 heavy (non-hydrogen) atoms. The molecule has 1 N–H and O–H groups in total. The Morgan fingerprint density at radius 2 is 2.16 bits per heavy atom. The minimum absolute atomic E-state index is 0.297. The van der Waals surface area contributed by atoms with Gasteiger partial charge < -0.3 is 14.5 Å². The summed E-state index contributed by atoms with van der Waals surface area (Å²) in [5.41, 5.74) is 0. The average molecular weight is 327 g/mol. The lowest BCUT2D eigenvalue weighted by Gasteiger charge is -2.07. The molecule has 2 aromatic heterocycles. The molecule has 6 nitrogen and oxygen atoms in total. The van der Waals surface area contributed by atoms with E-state index in [0.717, 1.165) is 17.4 Å². The van der Waals surface area contributed by atoms with E-state index in [4.69, 9.17) is 9.15 Å². The van der Waals surface area contributed by atoms with E-state index in [0.29, 0.717) is 30.2 Å². The normalized spacial score (nSPS) is 10.5. The van der Waals surface area contributed by atoms with Crippen molar-refractivity contribution >= 4 is 21.9 Å². The number of aromatic nitrogens is 3. The molecule has 0 unspecified atom stereocenters. The maximum absolute atomic E-state index is 5.46. The molecule has 0 bridgehead atoms. The van der Waals surface area contributed by atoms with E-state index in [9.17, 15) is 0 Å². The summed E-state index contributed by atoms with van der Waals surface area (Å²) < 4.78 is 11.6. The van der Waals surface area contributed by atoms with E-state index in [1.54, 1.807) is 12.3 Å². The molecule has 0 aliphatic rings. The summed E-state index contributed by atoms with van der Waals surface area (Å²) in [5, 5.41) is 3.05. The van der Waals surface area contributed by atoms with Crippen molar-refractivity contribution in [3.05, 3.63) is 16.8 Å². The van der Waals surface area contributed by atoms with Crippen molar-refractivity contribution < 1.29 is 9.15 Å². The first kappa shape index (κ1) is 13.8. The van der Waals surface area contributed by atoms with Crippen LogP contribution in [0.2, 0.25) is 0 Å². The van der Waals surface area contributed by atoms with Crippen LogP contribution in [0.4, 0.5) is 5.95 Å². The number of nitrogens with zero attached hydrogens (tertiary/aromatic N) is 3. The van der Waals surface area contributed by atoms with Crippen LogP contribution in [0.25, 0.3) is 11.6 Å². The van der Waals surface area contributed by atoms with E-state index in [1.165, 1.54) is 0 Å². The van der Waals surface area contributed by atoms with Gasteiger partial charge in [0.1, 0.15) is 0 Å². The number of hydrogen-bond donors (Lipinski definition) is 1. The Balaban J connectivity index is 2.36. The molecule has 0 amide bonds. The number of furan rings is 1. The zero-order valence-corrected chi connectivity index (χ0v) is 12.4. The van der Waals surface area contributed by atoms with Gasteiger partial charge in [-0.05, 0) is 35.3 Å². The lowest BCUT2D eigenvalue weighted by atomic mass is 10.4. The highest BCUT2D eigenvalue weighted by molar-refractivity contribution is 9.10. The van der Waals surface area contributed by atoms with Gasteiger partial charge in [-0.2, -0.15) is 15.0 Å². The van der Waals surface area contributed by atoms with Crippen LogP contribution in [0.15, 0.2) is 21.2 Å². The SMILES string of the molecule is CCCOc1nc(NCC)nc(-c2occc2Br)n1. The number of halogens is 1. The smallest absolute Gasteiger partial charge is 0.321 e. The van der Waals surface area contributed by atoms with Gasteiger partial charge in [0.15, 0.2) is 5.76 Å². The van der Waals surface area contributed by atoms with Crippen LogP contribution in [0.3, 0.4) is 0 Å². The number of nitrogens with one attached hydrogen (secondary N) is 1.